The molecule has 2 aromatic rings. The van der Waals surface area contributed by atoms with Gasteiger partial charge in [-0.2, -0.15) is 17.6 Å². The fourth-order valence-electron chi connectivity index (χ4n) is 4.11. The number of hydrogen-bond donors (Lipinski definition) is 2. The van der Waals surface area contributed by atoms with Gasteiger partial charge in [0.1, 0.15) is 12.4 Å². The minimum atomic E-state index is -3.12. The Bertz CT molecular complexity index is 1030. The zero-order valence-corrected chi connectivity index (χ0v) is 17.9. The number of alkyl halides is 4. The van der Waals surface area contributed by atoms with Gasteiger partial charge in [-0.15, -0.1) is 0 Å². The summed E-state index contributed by atoms with van der Waals surface area (Å²) in [6.45, 7) is -0.885. The van der Waals surface area contributed by atoms with Crippen molar-refractivity contribution in [2.75, 3.05) is 31.2 Å². The number of halogens is 4. The molecule has 4 rings (SSSR count). The molecule has 2 heterocycles. The molecular formula is C23H24F4N2O4. The van der Waals surface area contributed by atoms with Crippen molar-refractivity contribution in [2.24, 2.45) is 5.92 Å². The highest BCUT2D eigenvalue weighted by molar-refractivity contribution is 5.94. The zero-order valence-electron chi connectivity index (χ0n) is 17.9. The molecule has 1 amide bonds. The second-order valence-corrected chi connectivity index (χ2v) is 8.32. The molecule has 0 saturated carbocycles. The molecule has 6 nitrogen and oxygen atoms in total. The van der Waals surface area contributed by atoms with Crippen LogP contribution in [0.3, 0.4) is 0 Å². The Morgan fingerprint density at radius 2 is 2.03 bits per heavy atom. The summed E-state index contributed by atoms with van der Waals surface area (Å²) >= 11 is 0. The summed E-state index contributed by atoms with van der Waals surface area (Å²) in [5.74, 6) is -3.59. The number of aliphatic hydroxyl groups excluding tert-OH is 1. The largest absolute Gasteiger partial charge is 0.434 e. The van der Waals surface area contributed by atoms with E-state index in [4.69, 9.17) is 9.47 Å². The minimum absolute atomic E-state index is 0.0247. The van der Waals surface area contributed by atoms with Crippen LogP contribution in [-0.2, 0) is 17.3 Å². The third-order valence-corrected chi connectivity index (χ3v) is 5.91. The third kappa shape index (κ3) is 4.91. The molecule has 2 aliphatic heterocycles. The lowest BCUT2D eigenvalue weighted by atomic mass is 9.97. The van der Waals surface area contributed by atoms with Crippen LogP contribution in [0.4, 0.5) is 23.2 Å². The van der Waals surface area contributed by atoms with E-state index in [-0.39, 0.29) is 41.6 Å². The Kier molecular flexibility index (Phi) is 6.49. The van der Waals surface area contributed by atoms with E-state index in [1.54, 1.807) is 19.1 Å². The molecule has 0 aromatic heterocycles. The van der Waals surface area contributed by atoms with Gasteiger partial charge in [0.25, 0.3) is 11.8 Å². The number of fused-ring (bicyclic) bond motifs is 1. The number of benzene rings is 2. The highest BCUT2D eigenvalue weighted by Crippen LogP contribution is 2.36. The molecule has 1 fully saturated rings. The number of carbonyl (C=O) groups excluding carboxylic acids is 1. The van der Waals surface area contributed by atoms with Crippen LogP contribution >= 0.6 is 0 Å². The fraction of sp³-hybridized carbons (Fsp3) is 0.435. The Morgan fingerprint density at radius 3 is 2.73 bits per heavy atom. The van der Waals surface area contributed by atoms with Crippen LogP contribution in [0.2, 0.25) is 0 Å². The normalized spacial score (nSPS) is 18.5. The first kappa shape index (κ1) is 23.3. The zero-order chi connectivity index (χ0) is 23.8. The summed E-state index contributed by atoms with van der Waals surface area (Å²) in [7, 11) is 0. The molecule has 10 heteroatoms. The van der Waals surface area contributed by atoms with Gasteiger partial charge in [0.2, 0.25) is 0 Å². The van der Waals surface area contributed by atoms with Gasteiger partial charge in [-0.25, -0.2) is 0 Å². The SMILES string of the molecule is C[C@H](NC(=O)c1ccc2c(c1)COCC2(F)F)c1ccc(N2CC(CO)C2)cc1OC(F)F. The van der Waals surface area contributed by atoms with E-state index >= 15 is 0 Å². The summed E-state index contributed by atoms with van der Waals surface area (Å²) in [6, 6.07) is 8.00. The maximum atomic E-state index is 14.0. The summed E-state index contributed by atoms with van der Waals surface area (Å²) in [4.78, 5) is 14.7. The quantitative estimate of drug-likeness (QED) is 0.605. The number of amides is 1. The maximum absolute atomic E-state index is 14.0. The van der Waals surface area contributed by atoms with Crippen molar-refractivity contribution in [2.45, 2.75) is 32.1 Å². The first-order valence-electron chi connectivity index (χ1n) is 10.5. The van der Waals surface area contributed by atoms with Gasteiger partial charge in [0, 0.05) is 54.1 Å². The Morgan fingerprint density at radius 1 is 1.27 bits per heavy atom. The summed E-state index contributed by atoms with van der Waals surface area (Å²) in [5, 5.41) is 11.9. The average Bonchev–Trinajstić information content (AvgIpc) is 2.72. The van der Waals surface area contributed by atoms with E-state index in [1.165, 1.54) is 24.3 Å². The molecular weight excluding hydrogens is 444 g/mol. The third-order valence-electron chi connectivity index (χ3n) is 5.91. The van der Waals surface area contributed by atoms with E-state index < -0.39 is 31.1 Å². The molecule has 33 heavy (non-hydrogen) atoms. The number of ether oxygens (including phenoxy) is 2. The lowest BCUT2D eigenvalue weighted by Gasteiger charge is -2.40. The van der Waals surface area contributed by atoms with Gasteiger partial charge in [0.05, 0.1) is 12.6 Å². The summed E-state index contributed by atoms with van der Waals surface area (Å²) < 4.78 is 63.6. The standard InChI is InChI=1S/C23H24F4N2O4/c1-13(28-21(31)15-2-5-19-16(6-15)11-32-12-23(19,26)27)18-4-3-17(7-20(18)33-22(24)25)29-8-14(9-29)10-30/h2-7,13-14,22,30H,8-12H2,1H3,(H,28,31)/t13-/m0/s1. The number of carbonyl (C=O) groups is 1. The van der Waals surface area contributed by atoms with Crippen molar-refractivity contribution in [3.63, 3.8) is 0 Å². The Labute approximate surface area is 188 Å². The van der Waals surface area contributed by atoms with Gasteiger partial charge in [-0.3, -0.25) is 4.79 Å². The molecule has 2 aliphatic rings. The summed E-state index contributed by atoms with van der Waals surface area (Å²) in [5.41, 5.74) is 1.24. The average molecular weight is 468 g/mol. The first-order valence-corrected chi connectivity index (χ1v) is 10.5. The van der Waals surface area contributed by atoms with Crippen LogP contribution in [-0.4, -0.2) is 43.9 Å². The minimum Gasteiger partial charge on any atom is -0.434 e. The van der Waals surface area contributed by atoms with Gasteiger partial charge < -0.3 is 24.8 Å². The van der Waals surface area contributed by atoms with E-state index in [1.807, 2.05) is 4.90 Å². The van der Waals surface area contributed by atoms with Gasteiger partial charge in [0.15, 0.2) is 0 Å². The van der Waals surface area contributed by atoms with Crippen molar-refractivity contribution in [1.82, 2.24) is 5.32 Å². The number of rotatable bonds is 7. The van der Waals surface area contributed by atoms with Crippen molar-refractivity contribution in [3.05, 3.63) is 58.7 Å². The number of nitrogens with one attached hydrogen (secondary N) is 1. The lowest BCUT2D eigenvalue weighted by Crippen LogP contribution is -2.48. The fourth-order valence-corrected chi connectivity index (χ4v) is 4.11. The number of hydrogen-bond acceptors (Lipinski definition) is 5. The topological polar surface area (TPSA) is 71.0 Å². The molecule has 1 atom stereocenters. The smallest absolute Gasteiger partial charge is 0.387 e. The van der Waals surface area contributed by atoms with Crippen LogP contribution in [0.1, 0.15) is 40.0 Å². The van der Waals surface area contributed by atoms with Crippen molar-refractivity contribution in [1.29, 1.82) is 0 Å². The van der Waals surface area contributed by atoms with Crippen LogP contribution in [0.25, 0.3) is 0 Å². The molecule has 0 bridgehead atoms. The number of anilines is 1. The second-order valence-electron chi connectivity index (χ2n) is 8.32. The van der Waals surface area contributed by atoms with Crippen molar-refractivity contribution >= 4 is 11.6 Å². The van der Waals surface area contributed by atoms with E-state index in [0.717, 1.165) is 0 Å². The molecule has 178 valence electrons. The molecule has 0 radical (unpaired) electrons. The lowest BCUT2D eigenvalue weighted by molar-refractivity contribution is -0.103. The Balaban J connectivity index is 1.51. The predicted octanol–water partition coefficient (Wildman–Crippen LogP) is 3.83. The van der Waals surface area contributed by atoms with Crippen molar-refractivity contribution < 1.29 is 36.9 Å². The summed E-state index contributed by atoms with van der Waals surface area (Å²) in [6.07, 6.45) is 0. The van der Waals surface area contributed by atoms with Crippen LogP contribution in [0.15, 0.2) is 36.4 Å². The highest BCUT2D eigenvalue weighted by atomic mass is 19.3. The second kappa shape index (κ2) is 9.18. The molecule has 0 aliphatic carbocycles. The molecule has 1 saturated heterocycles. The van der Waals surface area contributed by atoms with Crippen LogP contribution in [0, 0.1) is 5.92 Å². The predicted molar refractivity (Wildman–Crippen MR) is 112 cm³/mol. The molecule has 2 aromatic carbocycles. The van der Waals surface area contributed by atoms with E-state index in [0.29, 0.717) is 24.3 Å². The van der Waals surface area contributed by atoms with Crippen LogP contribution < -0.4 is 15.0 Å². The maximum Gasteiger partial charge on any atom is 0.387 e. The number of aliphatic hydroxyl groups is 1. The highest BCUT2D eigenvalue weighted by Gasteiger charge is 2.38. The van der Waals surface area contributed by atoms with Gasteiger partial charge in [-0.05, 0) is 30.7 Å². The molecule has 0 unspecified atom stereocenters. The first-order chi connectivity index (χ1) is 15.7. The van der Waals surface area contributed by atoms with Crippen molar-refractivity contribution in [3.8, 4) is 5.75 Å². The molecule has 2 N–H and O–H groups in total. The van der Waals surface area contributed by atoms with Gasteiger partial charge in [-0.1, -0.05) is 12.1 Å². The van der Waals surface area contributed by atoms with Crippen LogP contribution in [0.5, 0.6) is 5.75 Å². The molecule has 0 spiro atoms. The Hall–Kier alpha value is -2.85. The monoisotopic (exact) mass is 468 g/mol. The van der Waals surface area contributed by atoms with E-state index in [2.05, 4.69) is 5.32 Å². The van der Waals surface area contributed by atoms with Gasteiger partial charge >= 0.3 is 6.61 Å². The van der Waals surface area contributed by atoms with E-state index in [9.17, 15) is 27.5 Å². The number of nitrogens with zero attached hydrogens (tertiary/aromatic N) is 1.